The summed E-state index contributed by atoms with van der Waals surface area (Å²) in [4.78, 5) is 0. The minimum Gasteiger partial charge on any atom is -0.456 e. The zero-order chi connectivity index (χ0) is 21.9. The zero-order valence-corrected chi connectivity index (χ0v) is 15.3. The second-order valence-corrected chi connectivity index (χ2v) is 6.56. The summed E-state index contributed by atoms with van der Waals surface area (Å²) in [6, 6.07) is 9.36. The van der Waals surface area contributed by atoms with Crippen molar-refractivity contribution in [3.8, 4) is 17.2 Å². The van der Waals surface area contributed by atoms with Gasteiger partial charge >= 0.3 is 0 Å². The molecule has 0 fully saturated rings. The van der Waals surface area contributed by atoms with Crippen molar-refractivity contribution in [1.82, 2.24) is 9.78 Å². The lowest BCUT2D eigenvalue weighted by Gasteiger charge is -2.18. The van der Waals surface area contributed by atoms with Gasteiger partial charge in [0.15, 0.2) is 29.0 Å². The summed E-state index contributed by atoms with van der Waals surface area (Å²) in [7, 11) is 0. The monoisotopic (exact) mass is 426 g/mol. The maximum absolute atomic E-state index is 15.1. The highest BCUT2D eigenvalue weighted by Gasteiger charge is 2.38. The molecule has 1 aromatic heterocycles. The fourth-order valence-electron chi connectivity index (χ4n) is 3.53. The van der Waals surface area contributed by atoms with Crippen molar-refractivity contribution < 1.29 is 27.0 Å². The molecule has 2 heterocycles. The molecule has 0 unspecified atom stereocenters. The predicted octanol–water partition coefficient (Wildman–Crippen LogP) is 5.06. The van der Waals surface area contributed by atoms with Gasteiger partial charge in [-0.3, -0.25) is 10.8 Å². The Labute approximate surface area is 171 Å². The molecule has 1 aliphatic heterocycles. The van der Waals surface area contributed by atoms with Crippen molar-refractivity contribution in [3.05, 3.63) is 83.2 Å². The van der Waals surface area contributed by atoms with Crippen LogP contribution < -0.4 is 4.74 Å². The number of nitrogens with one attached hydrogen (secondary N) is 2. The van der Waals surface area contributed by atoms with E-state index in [-0.39, 0.29) is 22.6 Å². The van der Waals surface area contributed by atoms with Crippen molar-refractivity contribution in [1.29, 1.82) is 10.8 Å². The molecule has 3 aromatic carbocycles. The summed E-state index contributed by atoms with van der Waals surface area (Å²) in [6.07, 6.45) is 2.67. The first-order valence-electron chi connectivity index (χ1n) is 8.84. The van der Waals surface area contributed by atoms with Gasteiger partial charge < -0.3 is 9.47 Å². The molecule has 0 amide bonds. The van der Waals surface area contributed by atoms with Crippen molar-refractivity contribution in [2.24, 2.45) is 0 Å². The summed E-state index contributed by atoms with van der Waals surface area (Å²) < 4.78 is 70.5. The molecule has 31 heavy (non-hydrogen) atoms. The highest BCUT2D eigenvalue weighted by atomic mass is 19.2. The van der Waals surface area contributed by atoms with Crippen LogP contribution in [0.2, 0.25) is 0 Å². The summed E-state index contributed by atoms with van der Waals surface area (Å²) in [5.41, 5.74) is -0.662. The number of hydrogen-bond donors (Lipinski definition) is 2. The van der Waals surface area contributed by atoms with Gasteiger partial charge in [-0.05, 0) is 18.2 Å². The third kappa shape index (κ3) is 2.61. The fourth-order valence-corrected chi connectivity index (χ4v) is 3.53. The Hall–Kier alpha value is -4.21. The lowest BCUT2D eigenvalue weighted by atomic mass is 9.96. The molecule has 5 rings (SSSR count). The molecule has 0 saturated carbocycles. The number of aromatic nitrogens is 2. The Morgan fingerprint density at radius 1 is 0.806 bits per heavy atom. The molecule has 6 nitrogen and oxygen atoms in total. The molecular weight excluding hydrogens is 416 g/mol. The number of rotatable bonds is 3. The number of ether oxygens (including phenoxy) is 2. The smallest absolute Gasteiger partial charge is 0.226 e. The Bertz CT molecular complexity index is 1400. The van der Waals surface area contributed by atoms with Crippen LogP contribution in [0.4, 0.5) is 17.6 Å². The van der Waals surface area contributed by atoms with Crippen LogP contribution >= 0.6 is 0 Å². The van der Waals surface area contributed by atoms with Crippen molar-refractivity contribution in [3.63, 3.8) is 0 Å². The summed E-state index contributed by atoms with van der Waals surface area (Å²) in [5.74, 6) is -8.93. The standard InChI is InChI=1S/C21H10F4N4O2/c22-14-10-11(15(23)17(25)16(14)24)19(30-9-5-2-1-3-6-9)13-12(20(26)31-21(13)27)18(10)29-8-4-7-28-29/h1-8,26-27H. The predicted molar refractivity (Wildman–Crippen MR) is 102 cm³/mol. The van der Waals surface area contributed by atoms with E-state index in [2.05, 4.69) is 5.10 Å². The van der Waals surface area contributed by atoms with Crippen LogP contribution in [-0.4, -0.2) is 21.6 Å². The first-order valence-corrected chi connectivity index (χ1v) is 8.84. The van der Waals surface area contributed by atoms with E-state index in [4.69, 9.17) is 20.3 Å². The van der Waals surface area contributed by atoms with Gasteiger partial charge in [0, 0.05) is 12.4 Å². The number of nitrogens with zero attached hydrogens (tertiary/aromatic N) is 2. The maximum atomic E-state index is 15.1. The zero-order valence-electron chi connectivity index (χ0n) is 15.3. The highest BCUT2D eigenvalue weighted by molar-refractivity contribution is 6.24. The van der Waals surface area contributed by atoms with Gasteiger partial charge in [-0.1, -0.05) is 18.2 Å². The molecule has 0 aliphatic carbocycles. The lowest BCUT2D eigenvalue weighted by molar-refractivity contribution is 0.415. The molecule has 10 heteroatoms. The molecule has 154 valence electrons. The normalized spacial score (nSPS) is 12.9. The Kier molecular flexibility index (Phi) is 4.04. The Morgan fingerprint density at radius 3 is 2.10 bits per heavy atom. The van der Waals surface area contributed by atoms with Crippen LogP contribution in [0.25, 0.3) is 16.5 Å². The third-order valence-electron chi connectivity index (χ3n) is 4.80. The summed E-state index contributed by atoms with van der Waals surface area (Å²) in [5, 5.41) is 18.8. The van der Waals surface area contributed by atoms with E-state index in [0.717, 1.165) is 4.68 Å². The van der Waals surface area contributed by atoms with E-state index >= 15 is 8.78 Å². The molecule has 1 aliphatic rings. The summed E-state index contributed by atoms with van der Waals surface area (Å²) in [6.45, 7) is 0. The molecule has 0 saturated heterocycles. The first-order chi connectivity index (χ1) is 14.9. The SMILES string of the molecule is N=C1OC(=N)c2c1c(Oc1ccccc1)c1c(F)c(F)c(F)c(F)c1c2-n1cccn1. The van der Waals surface area contributed by atoms with Crippen molar-refractivity contribution in [2.45, 2.75) is 0 Å². The number of halogens is 4. The van der Waals surface area contributed by atoms with Crippen LogP contribution in [0.1, 0.15) is 11.1 Å². The number of para-hydroxylation sites is 1. The second kappa shape index (κ2) is 6.66. The minimum atomic E-state index is -2.03. The molecule has 2 N–H and O–H groups in total. The Morgan fingerprint density at radius 2 is 1.45 bits per heavy atom. The molecular formula is C21H10F4N4O2. The van der Waals surface area contributed by atoms with E-state index in [9.17, 15) is 8.78 Å². The van der Waals surface area contributed by atoms with Gasteiger partial charge in [0.05, 0.1) is 27.6 Å². The van der Waals surface area contributed by atoms with Gasteiger partial charge in [-0.25, -0.2) is 22.2 Å². The van der Waals surface area contributed by atoms with Crippen LogP contribution in [0, 0.1) is 34.1 Å². The van der Waals surface area contributed by atoms with Gasteiger partial charge in [0.1, 0.15) is 5.75 Å². The van der Waals surface area contributed by atoms with E-state index in [1.165, 1.54) is 30.6 Å². The van der Waals surface area contributed by atoms with Gasteiger partial charge in [0.2, 0.25) is 11.8 Å². The Balaban J connectivity index is 2.02. The highest BCUT2D eigenvalue weighted by Crippen LogP contribution is 2.46. The van der Waals surface area contributed by atoms with Crippen molar-refractivity contribution >= 4 is 22.6 Å². The molecule has 4 aromatic rings. The second-order valence-electron chi connectivity index (χ2n) is 6.56. The van der Waals surface area contributed by atoms with Crippen LogP contribution in [0.15, 0.2) is 48.8 Å². The van der Waals surface area contributed by atoms with Crippen LogP contribution in [-0.2, 0) is 4.74 Å². The minimum absolute atomic E-state index is 0.161. The largest absolute Gasteiger partial charge is 0.456 e. The topological polar surface area (TPSA) is 84.0 Å². The maximum Gasteiger partial charge on any atom is 0.226 e. The molecule has 0 spiro atoms. The summed E-state index contributed by atoms with van der Waals surface area (Å²) >= 11 is 0. The number of benzene rings is 3. The number of hydrogen-bond acceptors (Lipinski definition) is 5. The molecule has 0 atom stereocenters. The van der Waals surface area contributed by atoms with E-state index in [1.54, 1.807) is 18.2 Å². The van der Waals surface area contributed by atoms with E-state index < -0.39 is 51.6 Å². The third-order valence-corrected chi connectivity index (χ3v) is 4.80. The average molecular weight is 426 g/mol. The van der Waals surface area contributed by atoms with Crippen molar-refractivity contribution in [2.75, 3.05) is 0 Å². The average Bonchev–Trinajstić information content (AvgIpc) is 3.39. The van der Waals surface area contributed by atoms with Gasteiger partial charge in [-0.15, -0.1) is 0 Å². The lowest BCUT2D eigenvalue weighted by Crippen LogP contribution is -2.11. The number of fused-ring (bicyclic) bond motifs is 2. The van der Waals surface area contributed by atoms with Crippen LogP contribution in [0.5, 0.6) is 11.5 Å². The fraction of sp³-hybridized carbons (Fsp3) is 0. The quantitative estimate of drug-likeness (QED) is 0.273. The van der Waals surface area contributed by atoms with Crippen LogP contribution in [0.3, 0.4) is 0 Å². The van der Waals surface area contributed by atoms with Gasteiger partial charge in [-0.2, -0.15) is 5.10 Å². The molecule has 0 radical (unpaired) electrons. The van der Waals surface area contributed by atoms with Gasteiger partial charge in [0.25, 0.3) is 0 Å². The van der Waals surface area contributed by atoms with E-state index in [1.807, 2.05) is 0 Å². The first kappa shape index (κ1) is 18.8. The van der Waals surface area contributed by atoms with E-state index in [0.29, 0.717) is 0 Å². The molecule has 0 bridgehead atoms.